The third-order valence-electron chi connectivity index (χ3n) is 3.61. The van der Waals surface area contributed by atoms with E-state index in [0.29, 0.717) is 19.0 Å². The minimum absolute atomic E-state index is 0.0113. The summed E-state index contributed by atoms with van der Waals surface area (Å²) in [5.74, 6) is -0.329. The molecule has 18 heavy (non-hydrogen) atoms. The van der Waals surface area contributed by atoms with E-state index < -0.39 is 5.97 Å². The van der Waals surface area contributed by atoms with Crippen LogP contribution in [0.15, 0.2) is 0 Å². The van der Waals surface area contributed by atoms with Crippen molar-refractivity contribution in [3.63, 3.8) is 0 Å². The summed E-state index contributed by atoms with van der Waals surface area (Å²) >= 11 is 0. The number of carboxylic acids is 1. The Morgan fingerprint density at radius 3 is 2.56 bits per heavy atom. The lowest BCUT2D eigenvalue weighted by Crippen LogP contribution is -2.51. The Morgan fingerprint density at radius 2 is 2.00 bits per heavy atom. The molecule has 0 aromatic carbocycles. The molecule has 0 aromatic heterocycles. The number of hydrogen-bond acceptors (Lipinski definition) is 2. The highest BCUT2D eigenvalue weighted by Gasteiger charge is 2.29. The van der Waals surface area contributed by atoms with Gasteiger partial charge in [0.2, 0.25) is 0 Å². The number of carbonyl (C=O) groups excluding carboxylic acids is 1. The maximum atomic E-state index is 12.4. The molecule has 5 nitrogen and oxygen atoms in total. The molecule has 104 valence electrons. The van der Waals surface area contributed by atoms with Crippen LogP contribution in [-0.2, 0) is 4.79 Å². The molecule has 1 saturated heterocycles. The van der Waals surface area contributed by atoms with Crippen LogP contribution >= 0.6 is 0 Å². The highest BCUT2D eigenvalue weighted by Crippen LogP contribution is 2.22. The minimum Gasteiger partial charge on any atom is -0.481 e. The predicted octanol–water partition coefficient (Wildman–Crippen LogP) is 2.02. The van der Waals surface area contributed by atoms with Crippen LogP contribution in [0.2, 0.25) is 0 Å². The Kier molecular flexibility index (Phi) is 5.44. The Morgan fingerprint density at radius 1 is 1.33 bits per heavy atom. The molecule has 2 amide bonds. The van der Waals surface area contributed by atoms with Crippen molar-refractivity contribution in [1.82, 2.24) is 9.80 Å². The molecule has 0 bridgehead atoms. The van der Waals surface area contributed by atoms with E-state index in [1.54, 1.807) is 4.90 Å². The zero-order valence-electron chi connectivity index (χ0n) is 11.6. The van der Waals surface area contributed by atoms with E-state index in [1.165, 1.54) is 0 Å². The zero-order chi connectivity index (χ0) is 13.7. The largest absolute Gasteiger partial charge is 0.481 e. The molecular formula is C13H24N2O3. The highest BCUT2D eigenvalue weighted by molar-refractivity contribution is 5.76. The number of likely N-dealkylation sites (tertiary alicyclic amines) is 1. The van der Waals surface area contributed by atoms with E-state index in [4.69, 9.17) is 5.11 Å². The molecule has 5 heteroatoms. The molecule has 1 N–H and O–H groups in total. The van der Waals surface area contributed by atoms with Gasteiger partial charge in [0.15, 0.2) is 0 Å². The number of amides is 2. The van der Waals surface area contributed by atoms with E-state index in [-0.39, 0.29) is 18.5 Å². The summed E-state index contributed by atoms with van der Waals surface area (Å²) < 4.78 is 0. The second-order valence-electron chi connectivity index (χ2n) is 5.19. The Balaban J connectivity index is 2.61. The standard InChI is InChI=1S/C13H24N2O3/c1-4-14(8-7-12(16)17)13(18)15-9-10(2)5-6-11(15)3/h10-11H,4-9H2,1-3H3,(H,16,17). The second-order valence-corrected chi connectivity index (χ2v) is 5.19. The summed E-state index contributed by atoms with van der Waals surface area (Å²) in [5.41, 5.74) is 0. The van der Waals surface area contributed by atoms with Gasteiger partial charge in [-0.05, 0) is 32.6 Å². The predicted molar refractivity (Wildman–Crippen MR) is 69.5 cm³/mol. The number of carboxylic acid groups (broad SMARTS) is 1. The van der Waals surface area contributed by atoms with Gasteiger partial charge in [-0.25, -0.2) is 4.79 Å². The number of piperidine rings is 1. The minimum atomic E-state index is -0.860. The normalized spacial score (nSPS) is 23.8. The summed E-state index contributed by atoms with van der Waals surface area (Å²) in [7, 11) is 0. The van der Waals surface area contributed by atoms with Gasteiger partial charge in [0, 0.05) is 25.7 Å². The summed E-state index contributed by atoms with van der Waals surface area (Å²) in [4.78, 5) is 26.5. The van der Waals surface area contributed by atoms with Crippen molar-refractivity contribution in [2.75, 3.05) is 19.6 Å². The van der Waals surface area contributed by atoms with E-state index in [9.17, 15) is 9.59 Å². The fourth-order valence-electron chi connectivity index (χ4n) is 2.36. The van der Waals surface area contributed by atoms with Crippen LogP contribution in [0.4, 0.5) is 4.79 Å². The van der Waals surface area contributed by atoms with Crippen LogP contribution in [0.5, 0.6) is 0 Å². The van der Waals surface area contributed by atoms with E-state index in [1.807, 2.05) is 11.8 Å². The highest BCUT2D eigenvalue weighted by atomic mass is 16.4. The lowest BCUT2D eigenvalue weighted by atomic mass is 9.95. The summed E-state index contributed by atoms with van der Waals surface area (Å²) in [6, 6.07) is 0.241. The first-order valence-electron chi connectivity index (χ1n) is 6.73. The molecule has 1 aliphatic rings. The van der Waals surface area contributed by atoms with Crippen LogP contribution in [0.1, 0.15) is 40.0 Å². The van der Waals surface area contributed by atoms with Crippen LogP contribution in [0.25, 0.3) is 0 Å². The molecule has 1 fully saturated rings. The summed E-state index contributed by atoms with van der Waals surface area (Å²) in [5, 5.41) is 8.69. The smallest absolute Gasteiger partial charge is 0.320 e. The quantitative estimate of drug-likeness (QED) is 0.837. The van der Waals surface area contributed by atoms with Gasteiger partial charge in [-0.3, -0.25) is 4.79 Å². The molecule has 2 atom stereocenters. The molecule has 1 heterocycles. The average Bonchev–Trinajstić information content (AvgIpc) is 2.32. The molecule has 0 radical (unpaired) electrons. The van der Waals surface area contributed by atoms with E-state index in [0.717, 1.165) is 19.4 Å². The van der Waals surface area contributed by atoms with Gasteiger partial charge in [-0.15, -0.1) is 0 Å². The first-order chi connectivity index (χ1) is 8.45. The fourth-order valence-corrected chi connectivity index (χ4v) is 2.36. The molecule has 0 aliphatic carbocycles. The van der Waals surface area contributed by atoms with Gasteiger partial charge >= 0.3 is 12.0 Å². The molecule has 1 rings (SSSR count). The van der Waals surface area contributed by atoms with Crippen molar-refractivity contribution in [2.45, 2.75) is 46.1 Å². The molecule has 0 spiro atoms. The van der Waals surface area contributed by atoms with Crippen LogP contribution in [0, 0.1) is 5.92 Å². The number of rotatable bonds is 4. The van der Waals surface area contributed by atoms with Crippen molar-refractivity contribution in [3.8, 4) is 0 Å². The molecule has 1 aliphatic heterocycles. The van der Waals surface area contributed by atoms with E-state index in [2.05, 4.69) is 13.8 Å². The second kappa shape index (κ2) is 6.61. The number of urea groups is 1. The van der Waals surface area contributed by atoms with Gasteiger partial charge in [0.1, 0.15) is 0 Å². The lowest BCUT2D eigenvalue weighted by molar-refractivity contribution is -0.137. The number of hydrogen-bond donors (Lipinski definition) is 1. The number of carbonyl (C=O) groups is 2. The Hall–Kier alpha value is -1.26. The van der Waals surface area contributed by atoms with E-state index >= 15 is 0 Å². The SMILES string of the molecule is CCN(CCC(=O)O)C(=O)N1CC(C)CCC1C. The van der Waals surface area contributed by atoms with Crippen molar-refractivity contribution in [2.24, 2.45) is 5.92 Å². The van der Waals surface area contributed by atoms with Crippen LogP contribution < -0.4 is 0 Å². The van der Waals surface area contributed by atoms with Crippen molar-refractivity contribution in [3.05, 3.63) is 0 Å². The lowest BCUT2D eigenvalue weighted by Gasteiger charge is -2.39. The average molecular weight is 256 g/mol. The summed E-state index contributed by atoms with van der Waals surface area (Å²) in [6.07, 6.45) is 2.20. The maximum Gasteiger partial charge on any atom is 0.320 e. The zero-order valence-corrected chi connectivity index (χ0v) is 11.6. The maximum absolute atomic E-state index is 12.4. The van der Waals surface area contributed by atoms with Gasteiger partial charge in [0.05, 0.1) is 6.42 Å². The van der Waals surface area contributed by atoms with Crippen LogP contribution in [-0.4, -0.2) is 52.6 Å². The van der Waals surface area contributed by atoms with Crippen molar-refractivity contribution >= 4 is 12.0 Å². The molecular weight excluding hydrogens is 232 g/mol. The number of aliphatic carboxylic acids is 1. The van der Waals surface area contributed by atoms with Gasteiger partial charge < -0.3 is 14.9 Å². The summed E-state index contributed by atoms with van der Waals surface area (Å²) in [6.45, 7) is 7.74. The third kappa shape index (κ3) is 3.89. The van der Waals surface area contributed by atoms with Gasteiger partial charge in [0.25, 0.3) is 0 Å². The molecule has 2 unspecified atom stereocenters. The van der Waals surface area contributed by atoms with Crippen molar-refractivity contribution < 1.29 is 14.7 Å². The molecule has 0 aromatic rings. The first kappa shape index (κ1) is 14.8. The Labute approximate surface area is 109 Å². The fraction of sp³-hybridized carbons (Fsp3) is 0.846. The van der Waals surface area contributed by atoms with Gasteiger partial charge in [-0.1, -0.05) is 6.92 Å². The van der Waals surface area contributed by atoms with Crippen molar-refractivity contribution in [1.29, 1.82) is 0 Å². The topological polar surface area (TPSA) is 60.9 Å². The third-order valence-corrected chi connectivity index (χ3v) is 3.61. The van der Waals surface area contributed by atoms with Gasteiger partial charge in [-0.2, -0.15) is 0 Å². The van der Waals surface area contributed by atoms with Crippen LogP contribution in [0.3, 0.4) is 0 Å². The first-order valence-corrected chi connectivity index (χ1v) is 6.73. The molecule has 0 saturated carbocycles. The monoisotopic (exact) mass is 256 g/mol. The Bertz CT molecular complexity index is 307. The number of nitrogens with zero attached hydrogens (tertiary/aromatic N) is 2.